The number of ether oxygens (including phenoxy) is 1. The number of benzene rings is 2. The Hall–Kier alpha value is -2.64. The van der Waals surface area contributed by atoms with E-state index >= 15 is 0 Å². The van der Waals surface area contributed by atoms with Gasteiger partial charge in [-0.3, -0.25) is 0 Å². The van der Waals surface area contributed by atoms with Crippen molar-refractivity contribution in [2.45, 2.75) is 20.1 Å². The highest BCUT2D eigenvalue weighted by molar-refractivity contribution is 5.88. The molecule has 2 aromatic carbocycles. The second-order valence-electron chi connectivity index (χ2n) is 5.19. The van der Waals surface area contributed by atoms with Crippen molar-refractivity contribution in [3.8, 4) is 11.8 Å². The molecule has 0 bridgehead atoms. The van der Waals surface area contributed by atoms with E-state index in [2.05, 4.69) is 6.07 Å². The third-order valence-electron chi connectivity index (χ3n) is 3.76. The first-order valence-electron chi connectivity index (χ1n) is 6.90. The molecule has 0 saturated carbocycles. The van der Waals surface area contributed by atoms with Gasteiger partial charge >= 0.3 is 0 Å². The van der Waals surface area contributed by atoms with Crippen molar-refractivity contribution in [2.24, 2.45) is 0 Å². The molecule has 2 aromatic rings. The number of hydrogen-bond acceptors (Lipinski definition) is 3. The lowest BCUT2D eigenvalue weighted by Crippen LogP contribution is -1.98. The van der Waals surface area contributed by atoms with Crippen LogP contribution in [-0.2, 0) is 13.2 Å². The summed E-state index contributed by atoms with van der Waals surface area (Å²) in [6.45, 7) is 1.94. The summed E-state index contributed by atoms with van der Waals surface area (Å²) in [7, 11) is 0. The van der Waals surface area contributed by atoms with E-state index in [1.54, 1.807) is 13.0 Å². The molecule has 0 atom stereocenters. The monoisotopic (exact) mass is 295 g/mol. The van der Waals surface area contributed by atoms with E-state index in [9.17, 15) is 14.8 Å². The van der Waals surface area contributed by atoms with Crippen molar-refractivity contribution < 1.29 is 14.2 Å². The molecule has 110 valence electrons. The van der Waals surface area contributed by atoms with Crippen LogP contribution in [0.5, 0.6) is 5.75 Å². The Bertz CT molecular complexity index is 818. The molecule has 1 N–H and O–H groups in total. The van der Waals surface area contributed by atoms with Crippen molar-refractivity contribution >= 4 is 5.57 Å². The van der Waals surface area contributed by atoms with Gasteiger partial charge in [-0.2, -0.15) is 5.26 Å². The minimum absolute atomic E-state index is 0.0643. The summed E-state index contributed by atoms with van der Waals surface area (Å²) in [6, 6.07) is 12.0. The van der Waals surface area contributed by atoms with Crippen molar-refractivity contribution in [3.05, 3.63) is 70.0 Å². The van der Waals surface area contributed by atoms with Gasteiger partial charge in [0.1, 0.15) is 18.2 Å². The van der Waals surface area contributed by atoms with Crippen LogP contribution in [0.1, 0.15) is 29.2 Å². The highest BCUT2D eigenvalue weighted by atomic mass is 19.1. The van der Waals surface area contributed by atoms with Crippen LogP contribution >= 0.6 is 0 Å². The number of aliphatic hydroxyl groups excluding tert-OH is 1. The number of aliphatic hydroxyl groups is 1. The zero-order valence-corrected chi connectivity index (χ0v) is 12.1. The van der Waals surface area contributed by atoms with E-state index in [4.69, 9.17) is 4.74 Å². The maximum atomic E-state index is 13.5. The highest BCUT2D eigenvalue weighted by Gasteiger charge is 2.22. The topological polar surface area (TPSA) is 53.2 Å². The lowest BCUT2D eigenvalue weighted by Gasteiger charge is -2.12. The third-order valence-corrected chi connectivity index (χ3v) is 3.76. The molecule has 0 saturated heterocycles. The molecule has 3 nitrogen and oxygen atoms in total. The summed E-state index contributed by atoms with van der Waals surface area (Å²) in [4.78, 5) is 0. The summed E-state index contributed by atoms with van der Waals surface area (Å²) in [6.07, 6.45) is 0. The fourth-order valence-electron chi connectivity index (χ4n) is 2.69. The Morgan fingerprint density at radius 2 is 2.05 bits per heavy atom. The lowest BCUT2D eigenvalue weighted by molar-refractivity contribution is 0.280. The molecule has 0 amide bonds. The maximum absolute atomic E-state index is 13.5. The minimum atomic E-state index is -0.380. The molecule has 4 heteroatoms. The predicted molar refractivity (Wildman–Crippen MR) is 80.4 cm³/mol. The van der Waals surface area contributed by atoms with Gasteiger partial charge in [-0.05, 0) is 41.8 Å². The van der Waals surface area contributed by atoms with E-state index in [1.807, 2.05) is 18.2 Å². The first kappa shape index (κ1) is 14.3. The van der Waals surface area contributed by atoms with E-state index in [0.717, 1.165) is 22.3 Å². The molecule has 1 heterocycles. The number of halogens is 1. The van der Waals surface area contributed by atoms with Crippen LogP contribution < -0.4 is 4.74 Å². The first-order valence-corrected chi connectivity index (χ1v) is 6.90. The number of nitriles is 1. The second kappa shape index (κ2) is 5.63. The summed E-state index contributed by atoms with van der Waals surface area (Å²) in [5.41, 5.74) is 4.50. The van der Waals surface area contributed by atoms with Gasteiger partial charge in [0.25, 0.3) is 0 Å². The Balaban J connectivity index is 2.30. The molecular formula is C18H14FNO2. The van der Waals surface area contributed by atoms with E-state index in [1.165, 1.54) is 12.1 Å². The molecule has 0 radical (unpaired) electrons. The number of nitrogens with zero attached hydrogens (tertiary/aromatic N) is 1. The Morgan fingerprint density at radius 1 is 1.27 bits per heavy atom. The average Bonchev–Trinajstić information content (AvgIpc) is 2.70. The van der Waals surface area contributed by atoms with Crippen LogP contribution in [0.3, 0.4) is 0 Å². The van der Waals surface area contributed by atoms with Crippen LogP contribution in [-0.4, -0.2) is 5.11 Å². The molecule has 0 aromatic heterocycles. The van der Waals surface area contributed by atoms with Crippen LogP contribution in [0.15, 0.2) is 42.0 Å². The largest absolute Gasteiger partial charge is 0.488 e. The third kappa shape index (κ3) is 2.36. The maximum Gasteiger partial charge on any atom is 0.130 e. The predicted octanol–water partition coefficient (Wildman–Crippen LogP) is 3.56. The smallest absolute Gasteiger partial charge is 0.130 e. The number of hydrogen-bond donors (Lipinski definition) is 1. The molecule has 1 aliphatic heterocycles. The summed E-state index contributed by atoms with van der Waals surface area (Å²) >= 11 is 0. The molecule has 0 spiro atoms. The van der Waals surface area contributed by atoms with Gasteiger partial charge in [-0.15, -0.1) is 0 Å². The highest BCUT2D eigenvalue weighted by Crippen LogP contribution is 2.39. The normalized spacial score (nSPS) is 15.0. The molecular weight excluding hydrogens is 281 g/mol. The van der Waals surface area contributed by atoms with Crippen molar-refractivity contribution in [1.29, 1.82) is 5.26 Å². The van der Waals surface area contributed by atoms with Gasteiger partial charge < -0.3 is 9.84 Å². The molecule has 3 rings (SSSR count). The standard InChI is InChI=1S/C18H14FNO2/c1-11(8-20)18-15-4-2-12(9-21)6-13(15)10-22-17-7-14(19)3-5-16(17)18/h2-7,21H,9-10H2,1H3/b18-11-. The Morgan fingerprint density at radius 3 is 2.77 bits per heavy atom. The molecule has 0 aliphatic carbocycles. The zero-order chi connectivity index (χ0) is 15.7. The number of rotatable bonds is 1. The van der Waals surface area contributed by atoms with Crippen molar-refractivity contribution in [2.75, 3.05) is 0 Å². The first-order chi connectivity index (χ1) is 10.6. The molecule has 0 unspecified atom stereocenters. The van der Waals surface area contributed by atoms with Crippen LogP contribution in [0.25, 0.3) is 5.57 Å². The van der Waals surface area contributed by atoms with Gasteiger partial charge in [-0.25, -0.2) is 4.39 Å². The zero-order valence-electron chi connectivity index (χ0n) is 12.1. The van der Waals surface area contributed by atoms with Crippen molar-refractivity contribution in [3.63, 3.8) is 0 Å². The summed E-state index contributed by atoms with van der Waals surface area (Å²) in [5, 5.41) is 18.6. The van der Waals surface area contributed by atoms with Crippen LogP contribution in [0.4, 0.5) is 4.39 Å². The van der Waals surface area contributed by atoms with Gasteiger partial charge in [0.15, 0.2) is 0 Å². The van der Waals surface area contributed by atoms with Crippen LogP contribution in [0, 0.1) is 17.1 Å². The van der Waals surface area contributed by atoms with E-state index in [0.29, 0.717) is 16.9 Å². The average molecular weight is 295 g/mol. The van der Waals surface area contributed by atoms with E-state index < -0.39 is 0 Å². The van der Waals surface area contributed by atoms with Crippen molar-refractivity contribution in [1.82, 2.24) is 0 Å². The quantitative estimate of drug-likeness (QED) is 0.818. The molecule has 22 heavy (non-hydrogen) atoms. The second-order valence-corrected chi connectivity index (χ2v) is 5.19. The SMILES string of the molecule is C/C(C#N)=C1\c2ccc(CO)cc2COc2cc(F)ccc21. The fourth-order valence-corrected chi connectivity index (χ4v) is 2.69. The Labute approximate surface area is 127 Å². The number of fused-ring (bicyclic) bond motifs is 2. The lowest BCUT2D eigenvalue weighted by atomic mass is 9.90. The van der Waals surface area contributed by atoms with E-state index in [-0.39, 0.29) is 19.0 Å². The van der Waals surface area contributed by atoms with Gasteiger partial charge in [0.2, 0.25) is 0 Å². The Kier molecular flexibility index (Phi) is 3.66. The van der Waals surface area contributed by atoms with Gasteiger partial charge in [0.05, 0.1) is 12.7 Å². The molecule has 1 aliphatic rings. The van der Waals surface area contributed by atoms with Crippen LogP contribution in [0.2, 0.25) is 0 Å². The van der Waals surface area contributed by atoms with Gasteiger partial charge in [-0.1, -0.05) is 12.1 Å². The minimum Gasteiger partial charge on any atom is -0.488 e. The summed E-state index contributed by atoms with van der Waals surface area (Å²) < 4.78 is 19.2. The summed E-state index contributed by atoms with van der Waals surface area (Å²) in [5.74, 6) is 0.0427. The fraction of sp³-hybridized carbons (Fsp3) is 0.167. The molecule has 0 fully saturated rings. The van der Waals surface area contributed by atoms with Gasteiger partial charge in [0, 0.05) is 22.8 Å². The number of allylic oxidation sites excluding steroid dienone is 1.